The van der Waals surface area contributed by atoms with Crippen LogP contribution in [0.3, 0.4) is 0 Å². The lowest BCUT2D eigenvalue weighted by Crippen LogP contribution is -2.52. The van der Waals surface area contributed by atoms with Gasteiger partial charge in [-0.05, 0) is 45.1 Å². The first-order chi connectivity index (χ1) is 10.3. The molecule has 1 unspecified atom stereocenters. The van der Waals surface area contributed by atoms with Gasteiger partial charge in [0.05, 0.1) is 6.61 Å². The van der Waals surface area contributed by atoms with Crippen molar-refractivity contribution in [3.63, 3.8) is 0 Å². The van der Waals surface area contributed by atoms with Gasteiger partial charge in [-0.25, -0.2) is 0 Å². The van der Waals surface area contributed by atoms with Crippen LogP contribution in [0, 0.1) is 5.41 Å². The molecule has 21 heavy (non-hydrogen) atoms. The van der Waals surface area contributed by atoms with Crippen molar-refractivity contribution in [3.05, 3.63) is 0 Å². The smallest absolute Gasteiger partial charge is 0.0546 e. The summed E-state index contributed by atoms with van der Waals surface area (Å²) in [7, 11) is 0. The van der Waals surface area contributed by atoms with E-state index in [2.05, 4.69) is 17.1 Å². The maximum absolute atomic E-state index is 5.90. The topological polar surface area (TPSA) is 24.5 Å². The summed E-state index contributed by atoms with van der Waals surface area (Å²) >= 11 is 0. The first-order valence-corrected chi connectivity index (χ1v) is 9.36. The molecule has 0 aromatic rings. The lowest BCUT2D eigenvalue weighted by atomic mass is 9.80. The van der Waals surface area contributed by atoms with Crippen LogP contribution >= 0.6 is 0 Å². The summed E-state index contributed by atoms with van der Waals surface area (Å²) in [6, 6.07) is 1.65. The molecule has 1 aliphatic heterocycles. The molecule has 122 valence electrons. The fourth-order valence-corrected chi connectivity index (χ4v) is 4.25. The molecule has 0 spiro atoms. The predicted octanol–water partition coefficient (Wildman–Crippen LogP) is 3.19. The van der Waals surface area contributed by atoms with Gasteiger partial charge in [0.2, 0.25) is 0 Å². The van der Waals surface area contributed by atoms with Crippen LogP contribution in [-0.4, -0.2) is 49.8 Å². The molecule has 0 bridgehead atoms. The van der Waals surface area contributed by atoms with E-state index in [0.29, 0.717) is 5.41 Å². The molecule has 3 nitrogen and oxygen atoms in total. The summed E-state index contributed by atoms with van der Waals surface area (Å²) in [4.78, 5) is 2.78. The zero-order chi connectivity index (χ0) is 14.5. The molecule has 1 N–H and O–H groups in total. The highest BCUT2D eigenvalue weighted by atomic mass is 16.5. The first-order valence-electron chi connectivity index (χ1n) is 9.36. The Balaban J connectivity index is 1.59. The first kappa shape index (κ1) is 15.8. The molecular formula is C18H34N2O. The average Bonchev–Trinajstić information content (AvgIpc) is 3.37. The molecule has 3 rings (SSSR count). The Hall–Kier alpha value is -0.120. The predicted molar refractivity (Wildman–Crippen MR) is 87.6 cm³/mol. The molecule has 1 heterocycles. The normalized spacial score (nSPS) is 31.7. The van der Waals surface area contributed by atoms with E-state index < -0.39 is 0 Å². The summed E-state index contributed by atoms with van der Waals surface area (Å²) < 4.78 is 5.90. The van der Waals surface area contributed by atoms with Crippen LogP contribution in [0.1, 0.15) is 64.7 Å². The van der Waals surface area contributed by atoms with E-state index >= 15 is 0 Å². The second-order valence-electron chi connectivity index (χ2n) is 7.67. The molecule has 3 fully saturated rings. The monoisotopic (exact) mass is 294 g/mol. The molecule has 1 atom stereocenters. The van der Waals surface area contributed by atoms with Gasteiger partial charge in [-0.15, -0.1) is 0 Å². The van der Waals surface area contributed by atoms with Crippen molar-refractivity contribution in [2.45, 2.75) is 76.8 Å². The number of hydrogen-bond acceptors (Lipinski definition) is 3. The van der Waals surface area contributed by atoms with Gasteiger partial charge in [0.25, 0.3) is 0 Å². The van der Waals surface area contributed by atoms with E-state index in [1.807, 2.05) is 0 Å². The minimum absolute atomic E-state index is 0.369. The quantitative estimate of drug-likeness (QED) is 0.780. The van der Waals surface area contributed by atoms with Crippen LogP contribution in [0.15, 0.2) is 0 Å². The molecule has 2 saturated carbocycles. The highest BCUT2D eigenvalue weighted by molar-refractivity contribution is 4.92. The van der Waals surface area contributed by atoms with Crippen molar-refractivity contribution in [1.29, 1.82) is 0 Å². The third kappa shape index (κ3) is 4.43. The fraction of sp³-hybridized carbons (Fsp3) is 1.00. The number of nitrogens with one attached hydrogen (secondary N) is 1. The Bertz CT molecular complexity index is 304. The SMILES string of the molecule is CCN(CC1(CNC2CC2)CCCOC1)C1CCCCC1. The molecule has 3 heteroatoms. The summed E-state index contributed by atoms with van der Waals surface area (Å²) in [5, 5.41) is 3.79. The van der Waals surface area contributed by atoms with Crippen molar-refractivity contribution in [3.8, 4) is 0 Å². The highest BCUT2D eigenvalue weighted by Crippen LogP contribution is 2.33. The number of hydrogen-bond donors (Lipinski definition) is 1. The second kappa shape index (κ2) is 7.43. The summed E-state index contributed by atoms with van der Waals surface area (Å²) in [5.74, 6) is 0. The van der Waals surface area contributed by atoms with Crippen LogP contribution in [0.2, 0.25) is 0 Å². The van der Waals surface area contributed by atoms with E-state index in [1.165, 1.54) is 77.4 Å². The Morgan fingerprint density at radius 1 is 1.10 bits per heavy atom. The van der Waals surface area contributed by atoms with E-state index in [1.54, 1.807) is 0 Å². The van der Waals surface area contributed by atoms with Crippen molar-refractivity contribution in [1.82, 2.24) is 10.2 Å². The van der Waals surface area contributed by atoms with Gasteiger partial charge in [0.1, 0.15) is 0 Å². The molecule has 1 saturated heterocycles. The molecule has 3 aliphatic rings. The number of rotatable bonds is 7. The highest BCUT2D eigenvalue weighted by Gasteiger charge is 2.37. The van der Waals surface area contributed by atoms with Crippen LogP contribution < -0.4 is 5.32 Å². The van der Waals surface area contributed by atoms with E-state index in [0.717, 1.165) is 25.3 Å². The molecule has 0 aromatic carbocycles. The van der Waals surface area contributed by atoms with Gasteiger partial charge >= 0.3 is 0 Å². The fourth-order valence-electron chi connectivity index (χ4n) is 4.25. The van der Waals surface area contributed by atoms with Crippen molar-refractivity contribution in [2.24, 2.45) is 5.41 Å². The van der Waals surface area contributed by atoms with Gasteiger partial charge in [-0.2, -0.15) is 0 Å². The zero-order valence-corrected chi connectivity index (χ0v) is 13.9. The van der Waals surface area contributed by atoms with Gasteiger partial charge < -0.3 is 10.1 Å². The largest absolute Gasteiger partial charge is 0.381 e. The lowest BCUT2D eigenvalue weighted by molar-refractivity contribution is -0.0348. The zero-order valence-electron chi connectivity index (χ0n) is 13.9. The van der Waals surface area contributed by atoms with Gasteiger partial charge in [0, 0.05) is 37.2 Å². The van der Waals surface area contributed by atoms with Crippen molar-refractivity contribution >= 4 is 0 Å². The van der Waals surface area contributed by atoms with Gasteiger partial charge in [-0.1, -0.05) is 26.2 Å². The minimum atomic E-state index is 0.369. The van der Waals surface area contributed by atoms with Gasteiger partial charge in [0.15, 0.2) is 0 Å². The third-order valence-electron chi connectivity index (χ3n) is 5.78. The Morgan fingerprint density at radius 3 is 2.52 bits per heavy atom. The van der Waals surface area contributed by atoms with Gasteiger partial charge in [-0.3, -0.25) is 4.90 Å². The number of ether oxygens (including phenoxy) is 1. The Kier molecular flexibility index (Phi) is 5.58. The standard InChI is InChI=1S/C18H34N2O/c1-2-20(17-7-4-3-5-8-17)14-18(11-6-12-21-15-18)13-19-16-9-10-16/h16-17,19H,2-15H2,1H3. The van der Waals surface area contributed by atoms with Crippen LogP contribution in [0.25, 0.3) is 0 Å². The molecule has 0 amide bonds. The maximum Gasteiger partial charge on any atom is 0.0546 e. The Morgan fingerprint density at radius 2 is 1.90 bits per heavy atom. The maximum atomic E-state index is 5.90. The van der Waals surface area contributed by atoms with Crippen LogP contribution in [-0.2, 0) is 4.74 Å². The van der Waals surface area contributed by atoms with Crippen molar-refractivity contribution in [2.75, 3.05) is 32.8 Å². The Labute approximate surface area is 130 Å². The summed E-state index contributed by atoms with van der Waals surface area (Å²) in [6.07, 6.45) is 12.5. The molecule has 0 radical (unpaired) electrons. The average molecular weight is 294 g/mol. The molecule has 2 aliphatic carbocycles. The lowest BCUT2D eigenvalue weighted by Gasteiger charge is -2.44. The summed E-state index contributed by atoms with van der Waals surface area (Å²) in [5.41, 5.74) is 0.369. The van der Waals surface area contributed by atoms with E-state index in [9.17, 15) is 0 Å². The van der Waals surface area contributed by atoms with Crippen molar-refractivity contribution < 1.29 is 4.74 Å². The summed E-state index contributed by atoms with van der Waals surface area (Å²) in [6.45, 7) is 7.90. The molecule has 0 aromatic heterocycles. The molecular weight excluding hydrogens is 260 g/mol. The van der Waals surface area contributed by atoms with E-state index in [-0.39, 0.29) is 0 Å². The second-order valence-corrected chi connectivity index (χ2v) is 7.67. The van der Waals surface area contributed by atoms with Crippen LogP contribution in [0.4, 0.5) is 0 Å². The minimum Gasteiger partial charge on any atom is -0.381 e. The third-order valence-corrected chi connectivity index (χ3v) is 5.78. The van der Waals surface area contributed by atoms with E-state index in [4.69, 9.17) is 4.74 Å². The van der Waals surface area contributed by atoms with Crippen LogP contribution in [0.5, 0.6) is 0 Å². The number of nitrogens with zero attached hydrogens (tertiary/aromatic N) is 1.